The van der Waals surface area contributed by atoms with Crippen LogP contribution in [0.25, 0.3) is 10.8 Å². The third-order valence-corrected chi connectivity index (χ3v) is 7.00. The second-order valence-corrected chi connectivity index (χ2v) is 10.7. The van der Waals surface area contributed by atoms with Crippen molar-refractivity contribution in [2.45, 2.75) is 31.1 Å². The van der Waals surface area contributed by atoms with E-state index in [2.05, 4.69) is 16.0 Å². The van der Waals surface area contributed by atoms with E-state index in [1.165, 1.54) is 48.5 Å². The van der Waals surface area contributed by atoms with Crippen LogP contribution < -0.4 is 21.7 Å². The molecule has 0 saturated heterocycles. The summed E-state index contributed by atoms with van der Waals surface area (Å²) in [6.45, 7) is 0. The molecule has 4 rings (SSSR count). The summed E-state index contributed by atoms with van der Waals surface area (Å²) >= 11 is 0. The van der Waals surface area contributed by atoms with Gasteiger partial charge in [-0.15, -0.1) is 0 Å². The van der Waals surface area contributed by atoms with E-state index in [-0.39, 0.29) is 29.1 Å². The number of carbonyl (C=O) groups is 6. The molecule has 4 aromatic carbocycles. The number of carboxylic acids is 3. The number of hydrogen-bond donors (Lipinski definition) is 8. The monoisotopic (exact) mass is 709 g/mol. The van der Waals surface area contributed by atoms with E-state index in [9.17, 15) is 47.4 Å². The van der Waals surface area contributed by atoms with E-state index in [1.54, 1.807) is 12.1 Å². The molecule has 0 radical (unpaired) electrons. The normalized spacial score (nSPS) is 11.9. The molecule has 0 heterocycles. The number of nitrogen functional groups attached to an aromatic ring is 1. The minimum Gasteiger partial charge on any atom is -0.481 e. The number of rotatable bonds is 12. The average Bonchev–Trinajstić information content (AvgIpc) is 3.07. The van der Waals surface area contributed by atoms with Gasteiger partial charge in [-0.05, 0) is 46.7 Å². The fourth-order valence-electron chi connectivity index (χ4n) is 4.53. The van der Waals surface area contributed by atoms with E-state index in [0.29, 0.717) is 11.1 Å². The summed E-state index contributed by atoms with van der Waals surface area (Å²) in [5, 5.41) is 42.9. The molecule has 0 aromatic heterocycles. The fourth-order valence-corrected chi connectivity index (χ4v) is 4.53. The lowest BCUT2D eigenvalue weighted by molar-refractivity contribution is -0.192. The molecule has 0 bridgehead atoms. The summed E-state index contributed by atoms with van der Waals surface area (Å²) in [7, 11) is 0. The maximum atomic E-state index is 13.1. The van der Waals surface area contributed by atoms with Crippen molar-refractivity contribution in [3.63, 3.8) is 0 Å². The van der Waals surface area contributed by atoms with Gasteiger partial charge in [0.25, 0.3) is 11.8 Å². The number of alkyl halides is 3. The molecule has 9 N–H and O–H groups in total. The molecule has 14 nitrogen and oxygen atoms in total. The number of carboxylic acid groups (broad SMARTS) is 3. The van der Waals surface area contributed by atoms with Crippen LogP contribution in [0.15, 0.2) is 91.0 Å². The highest BCUT2D eigenvalue weighted by Gasteiger charge is 2.38. The zero-order valence-corrected chi connectivity index (χ0v) is 26.2. The molecule has 266 valence electrons. The molecule has 0 saturated carbocycles. The summed E-state index contributed by atoms with van der Waals surface area (Å²) in [4.78, 5) is 71.4. The molecule has 0 fully saturated rings. The lowest BCUT2D eigenvalue weighted by atomic mass is 9.98. The number of amidine groups is 1. The average molecular weight is 710 g/mol. The Bertz CT molecular complexity index is 1960. The van der Waals surface area contributed by atoms with Gasteiger partial charge in [-0.3, -0.25) is 24.6 Å². The number of nitrogens with one attached hydrogen (secondary N) is 4. The molecule has 2 atom stereocenters. The summed E-state index contributed by atoms with van der Waals surface area (Å²) in [5.41, 5.74) is 7.10. The first-order chi connectivity index (χ1) is 24.0. The standard InChI is InChI=1S/C32H29N5O7.C2HF3O2/c33-28(34)19-11-13-20(14-12-19)29(40)35-23-9-4-8-22(15-23)30(41)36-25(17-27(38)39)31(42)37-26(32(43)44)16-21-7-3-6-18-5-1-2-10-24(18)21;3-2(4,5)1(6)7/h1-15,25-26H,16-17H2,(H3,33,34)(H,35,40)(H,36,41)(H,37,42)(H,38,39)(H,43,44);(H,6,7)/t25-,26-;/m0./s1. The van der Waals surface area contributed by atoms with Crippen LogP contribution in [0.5, 0.6) is 0 Å². The third-order valence-electron chi connectivity index (χ3n) is 7.00. The molecule has 0 aliphatic carbocycles. The van der Waals surface area contributed by atoms with Crippen molar-refractivity contribution >= 4 is 57.9 Å². The highest BCUT2D eigenvalue weighted by atomic mass is 19.4. The summed E-state index contributed by atoms with van der Waals surface area (Å²) in [5.74, 6) is -7.90. The lowest BCUT2D eigenvalue weighted by Gasteiger charge is -2.21. The van der Waals surface area contributed by atoms with Crippen LogP contribution in [0.4, 0.5) is 18.9 Å². The number of amides is 3. The van der Waals surface area contributed by atoms with Crippen LogP contribution in [0.1, 0.15) is 38.3 Å². The summed E-state index contributed by atoms with van der Waals surface area (Å²) in [6, 6.07) is 21.5. The lowest BCUT2D eigenvalue weighted by Crippen LogP contribution is -2.52. The molecule has 4 aromatic rings. The quantitative estimate of drug-likeness (QED) is 0.0786. The highest BCUT2D eigenvalue weighted by Crippen LogP contribution is 2.20. The number of benzene rings is 4. The number of anilines is 1. The number of carbonyl (C=O) groups excluding carboxylic acids is 3. The van der Waals surface area contributed by atoms with Gasteiger partial charge in [0.2, 0.25) is 5.91 Å². The van der Waals surface area contributed by atoms with Crippen molar-refractivity contribution in [1.82, 2.24) is 10.6 Å². The Morgan fingerprint density at radius 1 is 0.725 bits per heavy atom. The van der Waals surface area contributed by atoms with Crippen molar-refractivity contribution in [3.05, 3.63) is 113 Å². The molecule has 0 aliphatic heterocycles. The maximum absolute atomic E-state index is 13.1. The van der Waals surface area contributed by atoms with Gasteiger partial charge in [0, 0.05) is 28.8 Å². The predicted octanol–water partition coefficient (Wildman–Crippen LogP) is 3.39. The molecule has 51 heavy (non-hydrogen) atoms. The molecule has 0 aliphatic rings. The van der Waals surface area contributed by atoms with Crippen molar-refractivity contribution in [2.75, 3.05) is 5.32 Å². The van der Waals surface area contributed by atoms with Crippen LogP contribution in [-0.4, -0.2) is 75.0 Å². The van der Waals surface area contributed by atoms with Crippen molar-refractivity contribution in [1.29, 1.82) is 5.41 Å². The largest absolute Gasteiger partial charge is 0.490 e. The Morgan fingerprint density at radius 2 is 1.31 bits per heavy atom. The van der Waals surface area contributed by atoms with Gasteiger partial charge < -0.3 is 37.0 Å². The number of halogens is 3. The van der Waals surface area contributed by atoms with E-state index in [0.717, 1.165) is 10.8 Å². The van der Waals surface area contributed by atoms with Crippen molar-refractivity contribution < 1.29 is 57.3 Å². The first-order valence-corrected chi connectivity index (χ1v) is 14.6. The Labute approximate surface area is 286 Å². The Kier molecular flexibility index (Phi) is 12.9. The van der Waals surface area contributed by atoms with E-state index in [4.69, 9.17) is 21.0 Å². The van der Waals surface area contributed by atoms with Crippen molar-refractivity contribution in [2.24, 2.45) is 5.73 Å². The second-order valence-electron chi connectivity index (χ2n) is 10.7. The van der Waals surface area contributed by atoms with Gasteiger partial charge in [0.05, 0.1) is 6.42 Å². The number of aliphatic carboxylic acids is 3. The van der Waals surface area contributed by atoms with E-state index in [1.807, 2.05) is 30.3 Å². The minimum atomic E-state index is -5.08. The Balaban J connectivity index is 0.000000908. The van der Waals surface area contributed by atoms with Gasteiger partial charge in [-0.1, -0.05) is 60.7 Å². The first-order valence-electron chi connectivity index (χ1n) is 14.6. The van der Waals surface area contributed by atoms with Gasteiger partial charge in [-0.25, -0.2) is 9.59 Å². The van der Waals surface area contributed by atoms with E-state index < -0.39 is 60.3 Å². The number of nitrogens with two attached hydrogens (primary N) is 1. The van der Waals surface area contributed by atoms with Crippen LogP contribution >= 0.6 is 0 Å². The zero-order valence-electron chi connectivity index (χ0n) is 26.2. The number of hydrogen-bond acceptors (Lipinski definition) is 7. The summed E-state index contributed by atoms with van der Waals surface area (Å²) < 4.78 is 31.7. The predicted molar refractivity (Wildman–Crippen MR) is 176 cm³/mol. The smallest absolute Gasteiger partial charge is 0.481 e. The van der Waals surface area contributed by atoms with Crippen molar-refractivity contribution in [3.8, 4) is 0 Å². The topological polar surface area (TPSA) is 249 Å². The maximum Gasteiger partial charge on any atom is 0.490 e. The van der Waals surface area contributed by atoms with Crippen LogP contribution in [0.3, 0.4) is 0 Å². The minimum absolute atomic E-state index is 0.0171. The van der Waals surface area contributed by atoms with Gasteiger partial charge >= 0.3 is 24.1 Å². The second kappa shape index (κ2) is 17.0. The van der Waals surface area contributed by atoms with Crippen LogP contribution in [-0.2, 0) is 25.6 Å². The SMILES string of the molecule is N=C(N)c1ccc(C(=O)Nc2cccc(C(=O)N[C@@H](CC(=O)O)C(=O)N[C@@H](Cc3cccc4ccccc34)C(=O)O)c2)cc1.O=C(O)C(F)(F)F. The molecular formula is C34H30F3N5O9. The fraction of sp³-hybridized carbons (Fsp3) is 0.147. The summed E-state index contributed by atoms with van der Waals surface area (Å²) in [6.07, 6.45) is -5.96. The Hall–Kier alpha value is -6.78. The number of fused-ring (bicyclic) bond motifs is 1. The molecule has 0 unspecified atom stereocenters. The van der Waals surface area contributed by atoms with Gasteiger partial charge in [0.1, 0.15) is 17.9 Å². The van der Waals surface area contributed by atoms with Gasteiger partial charge in [0.15, 0.2) is 0 Å². The zero-order chi connectivity index (χ0) is 37.9. The molecule has 3 amide bonds. The highest BCUT2D eigenvalue weighted by molar-refractivity contribution is 6.06. The molecular weight excluding hydrogens is 679 g/mol. The Morgan fingerprint density at radius 3 is 1.90 bits per heavy atom. The van der Waals surface area contributed by atoms with E-state index >= 15 is 0 Å². The third kappa shape index (κ3) is 11.4. The molecule has 17 heteroatoms. The van der Waals surface area contributed by atoms with Gasteiger partial charge in [-0.2, -0.15) is 13.2 Å². The first kappa shape index (κ1) is 38.7. The molecule has 0 spiro atoms. The van der Waals surface area contributed by atoms with Crippen LogP contribution in [0, 0.1) is 5.41 Å². The van der Waals surface area contributed by atoms with Crippen LogP contribution in [0.2, 0.25) is 0 Å².